The number of benzene rings is 1. The van der Waals surface area contributed by atoms with Gasteiger partial charge in [-0.2, -0.15) is 0 Å². The van der Waals surface area contributed by atoms with E-state index in [-0.39, 0.29) is 12.4 Å². The highest BCUT2D eigenvalue weighted by atomic mass is 79.9. The molecule has 1 aromatic rings. The Morgan fingerprint density at radius 1 is 1.40 bits per heavy atom. The molecular weight excluding hydrogens is 322 g/mol. The first-order valence-electron chi connectivity index (χ1n) is 7.06. The number of phenols is 1. The van der Waals surface area contributed by atoms with Crippen LogP contribution in [0.25, 0.3) is 0 Å². The van der Waals surface area contributed by atoms with Crippen LogP contribution < -0.4 is 4.74 Å². The van der Waals surface area contributed by atoms with Crippen molar-refractivity contribution < 1.29 is 14.9 Å². The molecule has 112 valence electrons. The van der Waals surface area contributed by atoms with E-state index in [1.807, 2.05) is 6.07 Å². The summed E-state index contributed by atoms with van der Waals surface area (Å²) in [5.74, 6) is 0.703. The maximum absolute atomic E-state index is 10.2. The monoisotopic (exact) mass is 343 g/mol. The van der Waals surface area contributed by atoms with Crippen molar-refractivity contribution >= 4 is 15.9 Å². The van der Waals surface area contributed by atoms with Gasteiger partial charge in [0.2, 0.25) is 0 Å². The molecule has 0 bridgehead atoms. The molecule has 1 saturated heterocycles. The molecule has 1 aliphatic rings. The van der Waals surface area contributed by atoms with E-state index < -0.39 is 0 Å². The number of aliphatic hydroxyl groups excluding tert-OH is 1. The van der Waals surface area contributed by atoms with Gasteiger partial charge < -0.3 is 14.9 Å². The zero-order chi connectivity index (χ0) is 14.5. The predicted octanol–water partition coefficient (Wildman–Crippen LogP) is 2.90. The maximum Gasteiger partial charge on any atom is 0.162 e. The lowest BCUT2D eigenvalue weighted by molar-refractivity contribution is 0.111. The molecule has 1 heterocycles. The van der Waals surface area contributed by atoms with E-state index >= 15 is 0 Å². The van der Waals surface area contributed by atoms with E-state index in [1.165, 1.54) is 12.8 Å². The second-order valence-electron chi connectivity index (χ2n) is 5.25. The van der Waals surface area contributed by atoms with Gasteiger partial charge in [-0.25, -0.2) is 0 Å². The minimum Gasteiger partial charge on any atom is -0.504 e. The normalized spacial score (nSPS) is 20.1. The third kappa shape index (κ3) is 3.65. The van der Waals surface area contributed by atoms with Gasteiger partial charge in [-0.05, 0) is 37.9 Å². The summed E-state index contributed by atoms with van der Waals surface area (Å²) in [6.45, 7) is 1.92. The number of rotatable bonds is 5. The van der Waals surface area contributed by atoms with Crippen molar-refractivity contribution in [2.45, 2.75) is 38.3 Å². The molecule has 0 spiro atoms. The van der Waals surface area contributed by atoms with Gasteiger partial charge in [0, 0.05) is 29.2 Å². The number of aliphatic hydroxyl groups is 1. The summed E-state index contributed by atoms with van der Waals surface area (Å²) < 4.78 is 6.09. The van der Waals surface area contributed by atoms with Crippen LogP contribution in [0.4, 0.5) is 0 Å². The Morgan fingerprint density at radius 3 is 2.90 bits per heavy atom. The number of aromatic hydroxyl groups is 1. The van der Waals surface area contributed by atoms with Crippen LogP contribution in [0.3, 0.4) is 0 Å². The molecule has 1 aliphatic heterocycles. The summed E-state index contributed by atoms with van der Waals surface area (Å²) in [4.78, 5) is 2.35. The number of likely N-dealkylation sites (tertiary alicyclic amines) is 1. The fourth-order valence-corrected chi connectivity index (χ4v) is 3.35. The molecular formula is C15H22BrNO3. The summed E-state index contributed by atoms with van der Waals surface area (Å²) in [5, 5.41) is 19.4. The highest BCUT2D eigenvalue weighted by molar-refractivity contribution is 9.10. The number of methoxy groups -OCH3 is 1. The smallest absolute Gasteiger partial charge is 0.162 e. The molecule has 1 aromatic carbocycles. The van der Waals surface area contributed by atoms with Gasteiger partial charge in [-0.15, -0.1) is 0 Å². The van der Waals surface area contributed by atoms with Crippen LogP contribution in [0.5, 0.6) is 11.5 Å². The van der Waals surface area contributed by atoms with Crippen LogP contribution in [0.1, 0.15) is 31.2 Å². The van der Waals surface area contributed by atoms with Gasteiger partial charge in [0.15, 0.2) is 11.5 Å². The molecule has 4 nitrogen and oxygen atoms in total. The predicted molar refractivity (Wildman–Crippen MR) is 82.1 cm³/mol. The third-order valence-corrected chi connectivity index (χ3v) is 4.38. The molecule has 0 aromatic heterocycles. The molecule has 1 unspecified atom stereocenters. The molecule has 0 saturated carbocycles. The van der Waals surface area contributed by atoms with Gasteiger partial charge in [0.05, 0.1) is 7.11 Å². The first-order chi connectivity index (χ1) is 9.65. The van der Waals surface area contributed by atoms with Crippen LogP contribution in [0.15, 0.2) is 16.6 Å². The van der Waals surface area contributed by atoms with E-state index in [4.69, 9.17) is 4.74 Å². The number of phenolic OH excluding ortho intramolecular Hbond substituents is 1. The van der Waals surface area contributed by atoms with Gasteiger partial charge in [0.25, 0.3) is 0 Å². The number of piperidine rings is 1. The van der Waals surface area contributed by atoms with Crippen molar-refractivity contribution in [3.63, 3.8) is 0 Å². The zero-order valence-electron chi connectivity index (χ0n) is 11.8. The second-order valence-corrected chi connectivity index (χ2v) is 6.16. The number of hydrogen-bond acceptors (Lipinski definition) is 4. The van der Waals surface area contributed by atoms with Crippen LogP contribution >= 0.6 is 15.9 Å². The van der Waals surface area contributed by atoms with Crippen molar-refractivity contribution in [2.75, 3.05) is 20.3 Å². The summed E-state index contributed by atoms with van der Waals surface area (Å²) in [6.07, 6.45) is 4.31. The highest BCUT2D eigenvalue weighted by Crippen LogP contribution is 2.35. The first kappa shape index (κ1) is 15.6. The largest absolute Gasteiger partial charge is 0.504 e. The lowest BCUT2D eigenvalue weighted by Gasteiger charge is -2.35. The molecule has 0 aliphatic carbocycles. The van der Waals surface area contributed by atoms with E-state index in [0.29, 0.717) is 18.3 Å². The van der Waals surface area contributed by atoms with Crippen molar-refractivity contribution in [3.05, 3.63) is 22.2 Å². The molecule has 0 radical (unpaired) electrons. The van der Waals surface area contributed by atoms with E-state index in [1.54, 1.807) is 13.2 Å². The van der Waals surface area contributed by atoms with Crippen molar-refractivity contribution in [2.24, 2.45) is 0 Å². The lowest BCUT2D eigenvalue weighted by Crippen LogP contribution is -2.39. The quantitative estimate of drug-likeness (QED) is 0.863. The first-order valence-corrected chi connectivity index (χ1v) is 7.85. The number of hydrogen-bond donors (Lipinski definition) is 2. The Balaban J connectivity index is 2.17. The summed E-state index contributed by atoms with van der Waals surface area (Å²) in [7, 11) is 1.56. The summed E-state index contributed by atoms with van der Waals surface area (Å²) >= 11 is 3.45. The number of halogens is 1. The van der Waals surface area contributed by atoms with Crippen LogP contribution in [-0.2, 0) is 6.54 Å². The van der Waals surface area contributed by atoms with E-state index in [0.717, 1.165) is 29.4 Å². The second kappa shape index (κ2) is 7.29. The van der Waals surface area contributed by atoms with Gasteiger partial charge in [-0.1, -0.05) is 22.4 Å². The molecule has 2 rings (SSSR count). The summed E-state index contributed by atoms with van der Waals surface area (Å²) in [6, 6.07) is 4.10. The molecule has 20 heavy (non-hydrogen) atoms. The standard InChI is InChI=1S/C15H22BrNO3/c1-20-14-9-12(16)8-11(15(14)19)10-17-6-3-2-4-13(17)5-7-18/h8-9,13,18-19H,2-7,10H2,1H3. The van der Waals surface area contributed by atoms with Gasteiger partial charge in [-0.3, -0.25) is 4.90 Å². The summed E-state index contributed by atoms with van der Waals surface area (Å²) in [5.41, 5.74) is 0.862. The van der Waals surface area contributed by atoms with Gasteiger partial charge in [0.1, 0.15) is 0 Å². The maximum atomic E-state index is 10.2. The Kier molecular flexibility index (Phi) is 5.69. The van der Waals surface area contributed by atoms with Crippen LogP contribution in [0.2, 0.25) is 0 Å². The Morgan fingerprint density at radius 2 is 2.20 bits per heavy atom. The SMILES string of the molecule is COc1cc(Br)cc(CN2CCCCC2CCO)c1O. The highest BCUT2D eigenvalue weighted by Gasteiger charge is 2.23. The molecule has 1 atom stereocenters. The fourth-order valence-electron chi connectivity index (χ4n) is 2.87. The van der Waals surface area contributed by atoms with Crippen LogP contribution in [0, 0.1) is 0 Å². The van der Waals surface area contributed by atoms with Crippen molar-refractivity contribution in [3.8, 4) is 11.5 Å². The molecule has 1 fully saturated rings. The minimum atomic E-state index is 0.212. The Bertz CT molecular complexity index is 451. The Hall–Kier alpha value is -0.780. The van der Waals surface area contributed by atoms with Crippen molar-refractivity contribution in [1.82, 2.24) is 4.90 Å². The zero-order valence-corrected chi connectivity index (χ0v) is 13.4. The van der Waals surface area contributed by atoms with Gasteiger partial charge >= 0.3 is 0 Å². The average Bonchev–Trinajstić information content (AvgIpc) is 2.44. The topological polar surface area (TPSA) is 52.9 Å². The Labute approximate surface area is 128 Å². The molecule has 5 heteroatoms. The van der Waals surface area contributed by atoms with Crippen molar-refractivity contribution in [1.29, 1.82) is 0 Å². The van der Waals surface area contributed by atoms with E-state index in [9.17, 15) is 10.2 Å². The average molecular weight is 344 g/mol. The third-order valence-electron chi connectivity index (χ3n) is 3.92. The van der Waals surface area contributed by atoms with Crippen LogP contribution in [-0.4, -0.2) is 41.4 Å². The minimum absolute atomic E-state index is 0.212. The number of ether oxygens (including phenoxy) is 1. The fraction of sp³-hybridized carbons (Fsp3) is 0.600. The molecule has 0 amide bonds. The number of nitrogens with zero attached hydrogens (tertiary/aromatic N) is 1. The van der Waals surface area contributed by atoms with E-state index in [2.05, 4.69) is 20.8 Å². The molecule has 2 N–H and O–H groups in total. The lowest BCUT2D eigenvalue weighted by atomic mass is 9.98.